The summed E-state index contributed by atoms with van der Waals surface area (Å²) in [5.74, 6) is -0.666. The number of furan rings is 1. The van der Waals surface area contributed by atoms with Gasteiger partial charge < -0.3 is 9.15 Å². The largest absolute Gasteiger partial charge is 0.492 e. The Morgan fingerprint density at radius 3 is 2.59 bits per heavy atom. The first-order chi connectivity index (χ1) is 15.4. The molecule has 1 aromatic heterocycles. The zero-order valence-electron chi connectivity index (χ0n) is 16.7. The third-order valence-corrected chi connectivity index (χ3v) is 5.46. The van der Waals surface area contributed by atoms with Gasteiger partial charge in [-0.25, -0.2) is 9.69 Å². The minimum Gasteiger partial charge on any atom is -0.492 e. The van der Waals surface area contributed by atoms with E-state index in [1.54, 1.807) is 61.5 Å². The fraction of sp³-hybridized carbons (Fsp3) is 0.0870. The van der Waals surface area contributed by atoms with Crippen molar-refractivity contribution in [1.82, 2.24) is 5.32 Å². The van der Waals surface area contributed by atoms with Crippen molar-refractivity contribution in [3.63, 3.8) is 0 Å². The first-order valence-electron chi connectivity index (χ1n) is 9.58. The Bertz CT molecular complexity index is 1260. The molecule has 0 spiro atoms. The molecule has 1 N–H and O–H groups in total. The van der Waals surface area contributed by atoms with Gasteiger partial charge in [-0.1, -0.05) is 41.4 Å². The summed E-state index contributed by atoms with van der Waals surface area (Å²) in [6, 6.07) is 14.0. The highest BCUT2D eigenvalue weighted by molar-refractivity contribution is 6.43. The zero-order valence-corrected chi connectivity index (χ0v) is 18.2. The molecule has 2 heterocycles. The van der Waals surface area contributed by atoms with Gasteiger partial charge >= 0.3 is 6.03 Å². The number of rotatable bonds is 5. The Kier molecular flexibility index (Phi) is 6.03. The number of benzene rings is 2. The molecule has 1 fully saturated rings. The van der Waals surface area contributed by atoms with Crippen molar-refractivity contribution in [2.75, 3.05) is 11.5 Å². The summed E-state index contributed by atoms with van der Waals surface area (Å²) in [7, 11) is 0. The second kappa shape index (κ2) is 8.90. The van der Waals surface area contributed by atoms with Crippen LogP contribution in [0.5, 0.6) is 5.75 Å². The molecular weight excluding hydrogens is 455 g/mol. The van der Waals surface area contributed by atoms with Crippen molar-refractivity contribution in [3.05, 3.63) is 76.0 Å². The minimum absolute atomic E-state index is 0.223. The summed E-state index contributed by atoms with van der Waals surface area (Å²) in [6.45, 7) is 2.12. The third-order valence-electron chi connectivity index (χ3n) is 4.64. The van der Waals surface area contributed by atoms with Crippen LogP contribution in [0.2, 0.25) is 10.0 Å². The fourth-order valence-electron chi connectivity index (χ4n) is 3.21. The summed E-state index contributed by atoms with van der Waals surface area (Å²) in [6.07, 6.45) is 1.27. The molecule has 1 saturated heterocycles. The summed E-state index contributed by atoms with van der Waals surface area (Å²) < 4.78 is 11.3. The van der Waals surface area contributed by atoms with Gasteiger partial charge in [-0.3, -0.25) is 14.9 Å². The maximum absolute atomic E-state index is 13.1. The number of para-hydroxylation sites is 2. The van der Waals surface area contributed by atoms with Gasteiger partial charge in [0.1, 0.15) is 22.8 Å². The van der Waals surface area contributed by atoms with E-state index in [-0.39, 0.29) is 17.0 Å². The molecule has 1 aliphatic rings. The van der Waals surface area contributed by atoms with Crippen LogP contribution < -0.4 is 15.0 Å². The van der Waals surface area contributed by atoms with Crippen molar-refractivity contribution in [3.8, 4) is 17.1 Å². The van der Waals surface area contributed by atoms with E-state index >= 15 is 0 Å². The van der Waals surface area contributed by atoms with E-state index in [4.69, 9.17) is 32.4 Å². The Morgan fingerprint density at radius 1 is 1.03 bits per heavy atom. The number of barbiturate groups is 1. The standard InChI is InChI=1S/C23H16Cl2N2O5/c1-2-31-19-9-4-3-8-17(19)27-22(29)15(21(28)26-23(27)30)12-13-10-11-18(32-13)14-6-5-7-16(24)20(14)25/h3-12H,2H2,1H3,(H,26,28,30)/b15-12-. The molecule has 0 bridgehead atoms. The van der Waals surface area contributed by atoms with Crippen LogP contribution in [0.3, 0.4) is 0 Å². The van der Waals surface area contributed by atoms with Crippen molar-refractivity contribution in [2.45, 2.75) is 6.92 Å². The average molecular weight is 471 g/mol. The fourth-order valence-corrected chi connectivity index (χ4v) is 3.60. The van der Waals surface area contributed by atoms with E-state index in [9.17, 15) is 14.4 Å². The monoisotopic (exact) mass is 470 g/mol. The SMILES string of the molecule is CCOc1ccccc1N1C(=O)NC(=O)/C(=C/c2ccc(-c3cccc(Cl)c3Cl)o2)C1=O. The molecule has 32 heavy (non-hydrogen) atoms. The lowest BCUT2D eigenvalue weighted by Gasteiger charge is -2.27. The second-order valence-electron chi connectivity index (χ2n) is 6.66. The van der Waals surface area contributed by atoms with Crippen LogP contribution in [0.1, 0.15) is 12.7 Å². The maximum Gasteiger partial charge on any atom is 0.336 e. The first kappa shape index (κ1) is 21.7. The van der Waals surface area contributed by atoms with Crippen LogP contribution >= 0.6 is 23.2 Å². The van der Waals surface area contributed by atoms with Crippen molar-refractivity contribution in [1.29, 1.82) is 0 Å². The summed E-state index contributed by atoms with van der Waals surface area (Å²) in [5.41, 5.74) is 0.515. The molecule has 162 valence electrons. The predicted octanol–water partition coefficient (Wildman–Crippen LogP) is 5.32. The lowest BCUT2D eigenvalue weighted by molar-refractivity contribution is -0.122. The van der Waals surface area contributed by atoms with E-state index in [1.807, 2.05) is 0 Å². The maximum atomic E-state index is 13.1. The van der Waals surface area contributed by atoms with Crippen molar-refractivity contribution >= 4 is 52.8 Å². The molecule has 0 saturated carbocycles. The molecule has 0 radical (unpaired) electrons. The highest BCUT2D eigenvalue weighted by Gasteiger charge is 2.38. The summed E-state index contributed by atoms with van der Waals surface area (Å²) in [5, 5.41) is 2.86. The molecular formula is C23H16Cl2N2O5. The van der Waals surface area contributed by atoms with Gasteiger partial charge in [0.2, 0.25) is 0 Å². The number of carbonyl (C=O) groups excluding carboxylic acids is 3. The molecule has 1 aliphatic heterocycles. The molecule has 2 aromatic carbocycles. The second-order valence-corrected chi connectivity index (χ2v) is 7.45. The van der Waals surface area contributed by atoms with Gasteiger partial charge in [0.25, 0.3) is 11.8 Å². The van der Waals surface area contributed by atoms with Crippen molar-refractivity contribution < 1.29 is 23.5 Å². The van der Waals surface area contributed by atoms with E-state index < -0.39 is 17.8 Å². The third kappa shape index (κ3) is 4.00. The van der Waals surface area contributed by atoms with E-state index in [1.165, 1.54) is 6.08 Å². The number of ether oxygens (including phenoxy) is 1. The van der Waals surface area contributed by atoms with E-state index in [0.717, 1.165) is 4.90 Å². The summed E-state index contributed by atoms with van der Waals surface area (Å²) in [4.78, 5) is 38.9. The van der Waals surface area contributed by atoms with Gasteiger partial charge in [-0.2, -0.15) is 0 Å². The predicted molar refractivity (Wildman–Crippen MR) is 121 cm³/mol. The van der Waals surface area contributed by atoms with Crippen LogP contribution in [-0.4, -0.2) is 24.5 Å². The molecule has 4 rings (SSSR count). The molecule has 0 atom stereocenters. The number of nitrogens with one attached hydrogen (secondary N) is 1. The summed E-state index contributed by atoms with van der Waals surface area (Å²) >= 11 is 12.3. The van der Waals surface area contributed by atoms with Crippen LogP contribution in [0.15, 0.2) is 64.6 Å². The molecule has 4 amide bonds. The number of amides is 4. The van der Waals surface area contributed by atoms with Crippen LogP contribution in [0.25, 0.3) is 17.4 Å². The minimum atomic E-state index is -0.866. The molecule has 9 heteroatoms. The number of anilines is 1. The van der Waals surface area contributed by atoms with Gasteiger partial charge in [0.15, 0.2) is 0 Å². The topological polar surface area (TPSA) is 88.8 Å². The van der Waals surface area contributed by atoms with Gasteiger partial charge in [0, 0.05) is 5.56 Å². The Hall–Kier alpha value is -3.55. The van der Waals surface area contributed by atoms with Crippen LogP contribution in [0, 0.1) is 0 Å². The Balaban J connectivity index is 1.70. The normalized spacial score (nSPS) is 15.3. The zero-order chi connectivity index (χ0) is 22.8. The quantitative estimate of drug-likeness (QED) is 0.402. The number of halogens is 2. The Morgan fingerprint density at radius 2 is 1.81 bits per heavy atom. The number of urea groups is 1. The number of hydrogen-bond acceptors (Lipinski definition) is 5. The van der Waals surface area contributed by atoms with Crippen LogP contribution in [-0.2, 0) is 9.59 Å². The molecule has 0 aliphatic carbocycles. The lowest BCUT2D eigenvalue weighted by atomic mass is 10.1. The smallest absolute Gasteiger partial charge is 0.336 e. The number of nitrogens with zero attached hydrogens (tertiary/aromatic N) is 1. The molecule has 0 unspecified atom stereocenters. The van der Waals surface area contributed by atoms with Gasteiger partial charge in [-0.05, 0) is 49.4 Å². The highest BCUT2D eigenvalue weighted by Crippen LogP contribution is 2.35. The average Bonchev–Trinajstić information content (AvgIpc) is 3.23. The van der Waals surface area contributed by atoms with Gasteiger partial charge in [-0.15, -0.1) is 0 Å². The van der Waals surface area contributed by atoms with Crippen LogP contribution in [0.4, 0.5) is 10.5 Å². The first-order valence-corrected chi connectivity index (χ1v) is 10.3. The van der Waals surface area contributed by atoms with E-state index in [2.05, 4.69) is 5.32 Å². The molecule has 3 aromatic rings. The van der Waals surface area contributed by atoms with Crippen molar-refractivity contribution in [2.24, 2.45) is 0 Å². The van der Waals surface area contributed by atoms with E-state index in [0.29, 0.717) is 33.7 Å². The number of hydrogen-bond donors (Lipinski definition) is 1. The lowest BCUT2D eigenvalue weighted by Crippen LogP contribution is -2.54. The Labute approximate surface area is 193 Å². The number of imide groups is 2. The number of carbonyl (C=O) groups is 3. The molecule has 7 nitrogen and oxygen atoms in total. The highest BCUT2D eigenvalue weighted by atomic mass is 35.5. The van der Waals surface area contributed by atoms with Gasteiger partial charge in [0.05, 0.1) is 22.3 Å².